The first-order chi connectivity index (χ1) is 4.85. The Labute approximate surface area is 67.1 Å². The van der Waals surface area contributed by atoms with E-state index in [9.17, 15) is 0 Å². The third-order valence-electron chi connectivity index (χ3n) is 0.928. The fourth-order valence-corrected chi connectivity index (χ4v) is 0.992. The summed E-state index contributed by atoms with van der Waals surface area (Å²) in [6, 6.07) is 0. The van der Waals surface area contributed by atoms with E-state index in [1.807, 2.05) is 13.0 Å². The highest BCUT2D eigenvalue weighted by molar-refractivity contribution is 8.01. The fourth-order valence-electron chi connectivity index (χ4n) is 0.465. The molecule has 0 aliphatic heterocycles. The van der Waals surface area contributed by atoms with Crippen LogP contribution in [0.15, 0.2) is 28.0 Å². The Morgan fingerprint density at radius 1 is 1.70 bits per heavy atom. The van der Waals surface area contributed by atoms with Crippen LogP contribution >= 0.6 is 11.9 Å². The van der Waals surface area contributed by atoms with Gasteiger partial charge in [0.2, 0.25) is 0 Å². The van der Waals surface area contributed by atoms with Gasteiger partial charge < -0.3 is 0 Å². The molecule has 0 bridgehead atoms. The van der Waals surface area contributed by atoms with E-state index in [2.05, 4.69) is 17.9 Å². The van der Waals surface area contributed by atoms with E-state index in [1.54, 1.807) is 12.3 Å². The fraction of sp³-hybridized carbons (Fsp3) is 0.375. The van der Waals surface area contributed by atoms with E-state index < -0.39 is 0 Å². The van der Waals surface area contributed by atoms with Gasteiger partial charge >= 0.3 is 0 Å². The van der Waals surface area contributed by atoms with Crippen molar-refractivity contribution in [3.63, 3.8) is 0 Å². The molecule has 0 N–H and O–H groups in total. The predicted molar refractivity (Wildman–Crippen MR) is 50.3 cm³/mol. The number of rotatable bonds is 4. The average Bonchev–Trinajstić information content (AvgIpc) is 1.98. The first-order valence-electron chi connectivity index (χ1n) is 3.31. The molecule has 0 aliphatic rings. The van der Waals surface area contributed by atoms with Crippen molar-refractivity contribution in [2.75, 3.05) is 0 Å². The van der Waals surface area contributed by atoms with Crippen molar-refractivity contribution in [1.29, 1.82) is 0 Å². The molecule has 0 aromatic heterocycles. The van der Waals surface area contributed by atoms with Crippen molar-refractivity contribution in [2.45, 2.75) is 20.3 Å². The van der Waals surface area contributed by atoms with Gasteiger partial charge in [-0.2, -0.15) is 0 Å². The molecule has 0 aromatic rings. The van der Waals surface area contributed by atoms with Crippen LogP contribution in [0.4, 0.5) is 0 Å². The topological polar surface area (TPSA) is 12.4 Å². The van der Waals surface area contributed by atoms with Crippen molar-refractivity contribution >= 4 is 18.2 Å². The summed E-state index contributed by atoms with van der Waals surface area (Å²) in [6.45, 7) is 7.63. The Hall–Kier alpha value is -0.500. The molecule has 56 valence electrons. The van der Waals surface area contributed by atoms with Gasteiger partial charge in [-0.3, -0.25) is 0 Å². The maximum atomic E-state index is 4.04. The Kier molecular flexibility index (Phi) is 6.29. The minimum atomic E-state index is 1.02. The van der Waals surface area contributed by atoms with Gasteiger partial charge in [0, 0.05) is 23.1 Å². The van der Waals surface area contributed by atoms with Crippen LogP contribution < -0.4 is 0 Å². The molecule has 1 nitrogen and oxygen atoms in total. The van der Waals surface area contributed by atoms with Gasteiger partial charge in [-0.15, -0.1) is 0 Å². The molecule has 0 radical (unpaired) electrons. The van der Waals surface area contributed by atoms with Crippen molar-refractivity contribution in [1.82, 2.24) is 0 Å². The molecule has 0 aromatic carbocycles. The molecule has 0 heterocycles. The van der Waals surface area contributed by atoms with Gasteiger partial charge in [0.1, 0.15) is 0 Å². The zero-order chi connectivity index (χ0) is 7.82. The Morgan fingerprint density at radius 2 is 2.40 bits per heavy atom. The van der Waals surface area contributed by atoms with Crippen LogP contribution in [-0.2, 0) is 0 Å². The van der Waals surface area contributed by atoms with Crippen LogP contribution in [0.5, 0.6) is 0 Å². The smallest absolute Gasteiger partial charge is 0.00988 e. The van der Waals surface area contributed by atoms with Crippen LogP contribution in [0.2, 0.25) is 0 Å². The monoisotopic (exact) mass is 155 g/mol. The second-order valence-electron chi connectivity index (χ2n) is 1.68. The summed E-state index contributed by atoms with van der Waals surface area (Å²) in [5, 5.41) is 0. The van der Waals surface area contributed by atoms with E-state index in [-0.39, 0.29) is 0 Å². The second-order valence-corrected chi connectivity index (χ2v) is 2.59. The summed E-state index contributed by atoms with van der Waals surface area (Å²) in [4.78, 5) is 1.24. The molecule has 2 heteroatoms. The van der Waals surface area contributed by atoms with Gasteiger partial charge in [0.25, 0.3) is 0 Å². The molecular weight excluding hydrogens is 142 g/mol. The molecule has 0 saturated carbocycles. The lowest BCUT2D eigenvalue weighted by atomic mass is 10.4. The highest BCUT2D eigenvalue weighted by Gasteiger charge is 1.88. The minimum Gasteiger partial charge on any atom is -0.224 e. The van der Waals surface area contributed by atoms with Crippen LogP contribution in [0, 0.1) is 0 Å². The third kappa shape index (κ3) is 4.39. The molecule has 0 aliphatic carbocycles. The minimum absolute atomic E-state index is 1.02. The largest absolute Gasteiger partial charge is 0.224 e. The molecule has 0 amide bonds. The SMILES string of the molecule is C=C/C=C(\CC)S/N=C\C. The highest BCUT2D eigenvalue weighted by Crippen LogP contribution is 2.19. The van der Waals surface area contributed by atoms with Crippen molar-refractivity contribution in [2.24, 2.45) is 4.40 Å². The van der Waals surface area contributed by atoms with Crippen LogP contribution in [0.1, 0.15) is 20.3 Å². The molecule has 0 spiro atoms. The summed E-state index contributed by atoms with van der Waals surface area (Å²) < 4.78 is 4.04. The average molecular weight is 155 g/mol. The molecular formula is C8H13NS. The first kappa shape index (κ1) is 9.50. The summed E-state index contributed by atoms with van der Waals surface area (Å²) >= 11 is 1.51. The van der Waals surface area contributed by atoms with Crippen molar-refractivity contribution in [3.05, 3.63) is 23.6 Å². The highest BCUT2D eigenvalue weighted by atomic mass is 32.2. The maximum absolute atomic E-state index is 4.04. The van der Waals surface area contributed by atoms with E-state index >= 15 is 0 Å². The summed E-state index contributed by atoms with van der Waals surface area (Å²) in [6.07, 6.45) is 6.58. The second kappa shape index (κ2) is 6.62. The number of nitrogens with zero attached hydrogens (tertiary/aromatic N) is 1. The normalized spacial score (nSPS) is 12.4. The van der Waals surface area contributed by atoms with E-state index in [0.29, 0.717) is 0 Å². The lowest BCUT2D eigenvalue weighted by Gasteiger charge is -1.94. The number of allylic oxidation sites excluding steroid dienone is 3. The summed E-state index contributed by atoms with van der Waals surface area (Å²) in [7, 11) is 0. The zero-order valence-corrected chi connectivity index (χ0v) is 7.32. The molecule has 0 rings (SSSR count). The van der Waals surface area contributed by atoms with Gasteiger partial charge in [-0.1, -0.05) is 25.7 Å². The number of hydrogen-bond donors (Lipinski definition) is 0. The van der Waals surface area contributed by atoms with Gasteiger partial charge in [0.05, 0.1) is 0 Å². The lowest BCUT2D eigenvalue weighted by Crippen LogP contribution is -1.68. The van der Waals surface area contributed by atoms with E-state index in [0.717, 1.165) is 6.42 Å². The van der Waals surface area contributed by atoms with Crippen LogP contribution in [0.3, 0.4) is 0 Å². The standard InChI is InChI=1S/C8H13NS/c1-4-7-8(5-2)10-9-6-3/h4,6-7H,1,5H2,2-3H3/b8-7+,9-6-. The Morgan fingerprint density at radius 3 is 2.80 bits per heavy atom. The van der Waals surface area contributed by atoms with E-state index in [4.69, 9.17) is 0 Å². The van der Waals surface area contributed by atoms with Gasteiger partial charge in [-0.05, 0) is 13.3 Å². The Balaban J connectivity index is 3.82. The van der Waals surface area contributed by atoms with Crippen molar-refractivity contribution < 1.29 is 0 Å². The predicted octanol–water partition coefficient (Wildman–Crippen LogP) is 3.21. The first-order valence-corrected chi connectivity index (χ1v) is 4.09. The maximum Gasteiger partial charge on any atom is 0.00988 e. The summed E-state index contributed by atoms with van der Waals surface area (Å²) in [5.41, 5.74) is 0. The molecule has 0 unspecified atom stereocenters. The number of hydrogen-bond acceptors (Lipinski definition) is 2. The molecule has 0 atom stereocenters. The molecule has 0 fully saturated rings. The van der Waals surface area contributed by atoms with Gasteiger partial charge in [0.15, 0.2) is 0 Å². The lowest BCUT2D eigenvalue weighted by molar-refractivity contribution is 1.20. The Bertz CT molecular complexity index is 147. The van der Waals surface area contributed by atoms with Crippen LogP contribution in [-0.4, -0.2) is 6.21 Å². The molecule has 0 saturated heterocycles. The van der Waals surface area contributed by atoms with E-state index in [1.165, 1.54) is 16.9 Å². The quantitative estimate of drug-likeness (QED) is 0.345. The zero-order valence-electron chi connectivity index (χ0n) is 6.50. The third-order valence-corrected chi connectivity index (χ3v) is 1.90. The summed E-state index contributed by atoms with van der Waals surface area (Å²) in [5.74, 6) is 0. The molecule has 10 heavy (non-hydrogen) atoms. The van der Waals surface area contributed by atoms with Gasteiger partial charge in [-0.25, -0.2) is 4.40 Å². The van der Waals surface area contributed by atoms with Crippen LogP contribution in [0.25, 0.3) is 0 Å². The van der Waals surface area contributed by atoms with Crippen molar-refractivity contribution in [3.8, 4) is 0 Å².